The Bertz CT molecular complexity index is 1120. The number of amides is 3. The van der Waals surface area contributed by atoms with E-state index in [4.69, 9.17) is 10.5 Å². The minimum Gasteiger partial charge on any atom is -0.497 e. The van der Waals surface area contributed by atoms with Gasteiger partial charge in [0.15, 0.2) is 5.69 Å². The lowest BCUT2D eigenvalue weighted by molar-refractivity contribution is -0.117. The van der Waals surface area contributed by atoms with Gasteiger partial charge in [-0.3, -0.25) is 14.4 Å². The maximum absolute atomic E-state index is 12.8. The monoisotopic (exact) mass is 422 g/mol. The normalized spacial score (nSPS) is 10.4. The zero-order chi connectivity index (χ0) is 22.4. The number of hydrogen-bond acceptors (Lipinski definition) is 6. The second kappa shape index (κ2) is 9.53. The minimum absolute atomic E-state index is 0.0207. The number of anilines is 1. The van der Waals surface area contributed by atoms with Gasteiger partial charge in [-0.05, 0) is 31.2 Å². The fraction of sp³-hybridized carbons (Fsp3) is 0.190. The Balaban J connectivity index is 1.79. The predicted molar refractivity (Wildman–Crippen MR) is 113 cm³/mol. The Morgan fingerprint density at radius 3 is 2.61 bits per heavy atom. The number of carbonyl (C=O) groups is 3. The Hall–Kier alpha value is -4.21. The Labute approximate surface area is 178 Å². The Morgan fingerprint density at radius 1 is 1.10 bits per heavy atom. The molecule has 10 nitrogen and oxygen atoms in total. The van der Waals surface area contributed by atoms with Crippen molar-refractivity contribution in [3.63, 3.8) is 0 Å². The predicted octanol–water partition coefficient (Wildman–Crippen LogP) is 1.44. The van der Waals surface area contributed by atoms with Crippen LogP contribution in [0.15, 0.2) is 48.5 Å². The molecule has 0 aliphatic carbocycles. The number of nitrogens with zero attached hydrogens (tertiary/aromatic N) is 3. The first-order chi connectivity index (χ1) is 14.9. The number of nitrogens with two attached hydrogens (primary N) is 1. The highest BCUT2D eigenvalue weighted by molar-refractivity contribution is 6.08. The summed E-state index contributed by atoms with van der Waals surface area (Å²) in [7, 11) is 1.56. The molecule has 3 aromatic rings. The van der Waals surface area contributed by atoms with Crippen LogP contribution in [0.5, 0.6) is 5.75 Å². The summed E-state index contributed by atoms with van der Waals surface area (Å²) in [5.41, 5.74) is 6.97. The summed E-state index contributed by atoms with van der Waals surface area (Å²) in [6, 6.07) is 13.7. The third kappa shape index (κ3) is 5.04. The molecule has 0 bridgehead atoms. The molecule has 0 unspecified atom stereocenters. The molecule has 0 aliphatic heterocycles. The van der Waals surface area contributed by atoms with Crippen LogP contribution in [0.2, 0.25) is 0 Å². The molecule has 1 aromatic heterocycles. The molecule has 0 fully saturated rings. The second-order valence-corrected chi connectivity index (χ2v) is 6.61. The SMILES string of the molecule is COc1cccc(-n2nnc(C(=O)Nc3ccccc3C(=O)NCCC(N)=O)c2C)c1. The van der Waals surface area contributed by atoms with Crippen molar-refractivity contribution in [1.29, 1.82) is 0 Å². The highest BCUT2D eigenvalue weighted by Crippen LogP contribution is 2.20. The number of ether oxygens (including phenoxy) is 1. The molecule has 10 heteroatoms. The van der Waals surface area contributed by atoms with Gasteiger partial charge in [0.1, 0.15) is 5.75 Å². The molecule has 0 aliphatic rings. The van der Waals surface area contributed by atoms with Crippen LogP contribution in [0.25, 0.3) is 5.69 Å². The van der Waals surface area contributed by atoms with E-state index in [0.29, 0.717) is 22.8 Å². The van der Waals surface area contributed by atoms with E-state index >= 15 is 0 Å². The average Bonchev–Trinajstić information content (AvgIpc) is 3.15. The Kier molecular flexibility index (Phi) is 6.61. The van der Waals surface area contributed by atoms with Crippen LogP contribution in [-0.4, -0.2) is 46.4 Å². The highest BCUT2D eigenvalue weighted by Gasteiger charge is 2.20. The number of hydrogen-bond donors (Lipinski definition) is 3. The van der Waals surface area contributed by atoms with Crippen molar-refractivity contribution < 1.29 is 19.1 Å². The van der Waals surface area contributed by atoms with Crippen LogP contribution in [-0.2, 0) is 4.79 Å². The number of rotatable bonds is 8. The van der Waals surface area contributed by atoms with Crippen molar-refractivity contribution in [3.05, 3.63) is 65.5 Å². The van der Waals surface area contributed by atoms with Gasteiger partial charge in [0, 0.05) is 19.0 Å². The first kappa shape index (κ1) is 21.5. The largest absolute Gasteiger partial charge is 0.497 e. The maximum atomic E-state index is 12.8. The fourth-order valence-electron chi connectivity index (χ4n) is 2.89. The number of primary amides is 1. The molecule has 0 radical (unpaired) electrons. The quantitative estimate of drug-likeness (QED) is 0.502. The lowest BCUT2D eigenvalue weighted by Gasteiger charge is -2.11. The van der Waals surface area contributed by atoms with E-state index in [1.807, 2.05) is 12.1 Å². The van der Waals surface area contributed by atoms with E-state index in [-0.39, 0.29) is 24.2 Å². The van der Waals surface area contributed by atoms with E-state index < -0.39 is 17.7 Å². The first-order valence-corrected chi connectivity index (χ1v) is 9.44. The van der Waals surface area contributed by atoms with Crippen molar-refractivity contribution in [2.24, 2.45) is 5.73 Å². The van der Waals surface area contributed by atoms with Gasteiger partial charge in [0.05, 0.1) is 29.7 Å². The highest BCUT2D eigenvalue weighted by atomic mass is 16.5. The summed E-state index contributed by atoms with van der Waals surface area (Å²) in [5.74, 6) is -0.816. The van der Waals surface area contributed by atoms with Gasteiger partial charge in [-0.25, -0.2) is 4.68 Å². The summed E-state index contributed by atoms with van der Waals surface area (Å²) in [6.07, 6.45) is 0.0207. The summed E-state index contributed by atoms with van der Waals surface area (Å²) in [6.45, 7) is 1.82. The van der Waals surface area contributed by atoms with Crippen LogP contribution >= 0.6 is 0 Å². The molecule has 0 spiro atoms. The van der Waals surface area contributed by atoms with Crippen LogP contribution in [0.4, 0.5) is 5.69 Å². The molecular formula is C21H22N6O4. The molecule has 31 heavy (non-hydrogen) atoms. The zero-order valence-corrected chi connectivity index (χ0v) is 17.1. The molecule has 4 N–H and O–H groups in total. The van der Waals surface area contributed by atoms with Crippen molar-refractivity contribution in [2.75, 3.05) is 19.0 Å². The molecular weight excluding hydrogens is 400 g/mol. The summed E-state index contributed by atoms with van der Waals surface area (Å²) < 4.78 is 6.75. The molecule has 1 heterocycles. The first-order valence-electron chi connectivity index (χ1n) is 9.44. The summed E-state index contributed by atoms with van der Waals surface area (Å²) in [5, 5.41) is 13.4. The van der Waals surface area contributed by atoms with E-state index in [0.717, 1.165) is 0 Å². The van der Waals surface area contributed by atoms with E-state index in [2.05, 4.69) is 20.9 Å². The van der Waals surface area contributed by atoms with Gasteiger partial charge in [0.25, 0.3) is 11.8 Å². The number of carbonyl (C=O) groups excluding carboxylic acids is 3. The van der Waals surface area contributed by atoms with Gasteiger partial charge in [0.2, 0.25) is 5.91 Å². The topological polar surface area (TPSA) is 141 Å². The van der Waals surface area contributed by atoms with Crippen LogP contribution in [0.3, 0.4) is 0 Å². The van der Waals surface area contributed by atoms with E-state index in [9.17, 15) is 14.4 Å². The van der Waals surface area contributed by atoms with Gasteiger partial charge >= 0.3 is 0 Å². The van der Waals surface area contributed by atoms with Gasteiger partial charge in [-0.15, -0.1) is 5.10 Å². The van der Waals surface area contributed by atoms with E-state index in [1.54, 1.807) is 50.4 Å². The van der Waals surface area contributed by atoms with E-state index in [1.165, 1.54) is 4.68 Å². The van der Waals surface area contributed by atoms with Crippen LogP contribution < -0.4 is 21.1 Å². The number of aromatic nitrogens is 3. The lowest BCUT2D eigenvalue weighted by Crippen LogP contribution is -2.29. The molecule has 3 amide bonds. The third-order valence-electron chi connectivity index (χ3n) is 4.48. The molecule has 160 valence electrons. The van der Waals surface area contributed by atoms with Crippen LogP contribution in [0.1, 0.15) is 33.0 Å². The summed E-state index contributed by atoms with van der Waals surface area (Å²) in [4.78, 5) is 36.1. The molecule has 2 aromatic carbocycles. The molecule has 0 saturated heterocycles. The Morgan fingerprint density at radius 2 is 1.87 bits per heavy atom. The van der Waals surface area contributed by atoms with Crippen molar-refractivity contribution in [1.82, 2.24) is 20.3 Å². The fourth-order valence-corrected chi connectivity index (χ4v) is 2.89. The van der Waals surface area contributed by atoms with Crippen molar-refractivity contribution >= 4 is 23.4 Å². The van der Waals surface area contributed by atoms with Crippen LogP contribution in [0, 0.1) is 6.92 Å². The maximum Gasteiger partial charge on any atom is 0.278 e. The average molecular weight is 422 g/mol. The smallest absolute Gasteiger partial charge is 0.278 e. The van der Waals surface area contributed by atoms with Crippen molar-refractivity contribution in [2.45, 2.75) is 13.3 Å². The summed E-state index contributed by atoms with van der Waals surface area (Å²) >= 11 is 0. The second-order valence-electron chi connectivity index (χ2n) is 6.61. The zero-order valence-electron chi connectivity index (χ0n) is 17.1. The number of para-hydroxylation sites is 1. The standard InChI is InChI=1S/C21H22N6O4/c1-13-19(25-26-27(13)14-6-5-7-15(12-14)31-2)21(30)24-17-9-4-3-8-16(17)20(29)23-11-10-18(22)28/h3-9,12H,10-11H2,1-2H3,(H2,22,28)(H,23,29)(H,24,30). The molecule has 3 rings (SSSR count). The van der Waals surface area contributed by atoms with Gasteiger partial charge in [-0.2, -0.15) is 0 Å². The lowest BCUT2D eigenvalue weighted by atomic mass is 10.1. The number of methoxy groups -OCH3 is 1. The molecule has 0 atom stereocenters. The number of nitrogens with one attached hydrogen (secondary N) is 2. The third-order valence-corrected chi connectivity index (χ3v) is 4.48. The van der Waals surface area contributed by atoms with Crippen molar-refractivity contribution in [3.8, 4) is 11.4 Å². The van der Waals surface area contributed by atoms with Gasteiger partial charge in [-0.1, -0.05) is 23.4 Å². The molecule has 0 saturated carbocycles. The minimum atomic E-state index is -0.517. The van der Waals surface area contributed by atoms with Gasteiger partial charge < -0.3 is 21.1 Å². The number of benzene rings is 2.